The van der Waals surface area contributed by atoms with Gasteiger partial charge in [0.15, 0.2) is 5.65 Å². The summed E-state index contributed by atoms with van der Waals surface area (Å²) in [6.07, 6.45) is 0.875. The fraction of sp³-hybridized carbons (Fsp3) is 0.571. The van der Waals surface area contributed by atoms with Crippen LogP contribution < -0.4 is 9.80 Å². The third-order valence-electron chi connectivity index (χ3n) is 6.80. The third-order valence-corrected chi connectivity index (χ3v) is 6.80. The molecule has 12 heteroatoms. The van der Waals surface area contributed by atoms with Crippen LogP contribution in [0.2, 0.25) is 0 Å². The summed E-state index contributed by atoms with van der Waals surface area (Å²) >= 11 is 0. The van der Waals surface area contributed by atoms with Gasteiger partial charge in [-0.05, 0) is 19.8 Å². The molecule has 33 heavy (non-hydrogen) atoms. The Morgan fingerprint density at radius 3 is 2.64 bits per heavy atom. The monoisotopic (exact) mass is 460 g/mol. The van der Waals surface area contributed by atoms with Crippen molar-refractivity contribution in [1.82, 2.24) is 29.7 Å². The Morgan fingerprint density at radius 1 is 1.06 bits per heavy atom. The van der Waals surface area contributed by atoms with E-state index in [9.17, 15) is 13.2 Å². The Bertz CT molecular complexity index is 1200. The first-order valence-electron chi connectivity index (χ1n) is 11.0. The molecule has 3 aromatic rings. The number of ether oxygens (including phenoxy) is 1. The molecule has 3 aliphatic heterocycles. The van der Waals surface area contributed by atoms with Gasteiger partial charge < -0.3 is 14.5 Å². The van der Waals surface area contributed by atoms with Crippen LogP contribution in [0.4, 0.5) is 24.8 Å². The summed E-state index contributed by atoms with van der Waals surface area (Å²) in [5.74, 6) is 1.26. The molecule has 6 heterocycles. The first-order valence-corrected chi connectivity index (χ1v) is 11.0. The number of rotatable bonds is 3. The van der Waals surface area contributed by atoms with Crippen molar-refractivity contribution in [3.05, 3.63) is 30.0 Å². The van der Waals surface area contributed by atoms with Gasteiger partial charge in [-0.15, -0.1) is 0 Å². The van der Waals surface area contributed by atoms with Crippen LogP contribution in [0, 0.1) is 12.3 Å². The summed E-state index contributed by atoms with van der Waals surface area (Å²) in [6, 6.07) is 1.22. The molecule has 0 amide bonds. The Balaban J connectivity index is 1.18. The number of alkyl halides is 3. The van der Waals surface area contributed by atoms with E-state index >= 15 is 0 Å². The first kappa shape index (κ1) is 20.6. The number of fused-ring (bicyclic) bond motifs is 1. The SMILES string of the molecule is Cc1nc(N2CC3(CCN(c4cnc5cnn([C@H]6CCOC6)c5n4)C3)C2)cc(C(F)(F)F)n1. The van der Waals surface area contributed by atoms with Gasteiger partial charge in [-0.25, -0.2) is 24.6 Å². The average Bonchev–Trinajstić information content (AvgIpc) is 3.49. The lowest BCUT2D eigenvalue weighted by molar-refractivity contribution is -0.141. The molecule has 3 aliphatic rings. The van der Waals surface area contributed by atoms with Crippen molar-refractivity contribution >= 4 is 22.8 Å². The van der Waals surface area contributed by atoms with E-state index in [0.717, 1.165) is 55.6 Å². The topological polar surface area (TPSA) is 85.1 Å². The fourth-order valence-corrected chi connectivity index (χ4v) is 5.12. The summed E-state index contributed by atoms with van der Waals surface area (Å²) in [5.41, 5.74) is 0.629. The zero-order valence-corrected chi connectivity index (χ0v) is 18.1. The van der Waals surface area contributed by atoms with E-state index in [4.69, 9.17) is 9.72 Å². The maximum absolute atomic E-state index is 13.1. The average molecular weight is 460 g/mol. The summed E-state index contributed by atoms with van der Waals surface area (Å²) < 4.78 is 46.8. The molecule has 0 saturated carbocycles. The van der Waals surface area contributed by atoms with Gasteiger partial charge >= 0.3 is 6.18 Å². The highest BCUT2D eigenvalue weighted by Gasteiger charge is 2.49. The Kier molecular flexibility index (Phi) is 4.51. The molecule has 6 rings (SSSR count). The largest absolute Gasteiger partial charge is 0.433 e. The predicted molar refractivity (Wildman–Crippen MR) is 113 cm³/mol. The second kappa shape index (κ2) is 7.24. The first-order chi connectivity index (χ1) is 15.8. The summed E-state index contributed by atoms with van der Waals surface area (Å²) in [7, 11) is 0. The highest BCUT2D eigenvalue weighted by molar-refractivity contribution is 5.71. The molecule has 0 bridgehead atoms. The van der Waals surface area contributed by atoms with E-state index in [-0.39, 0.29) is 17.3 Å². The Labute approximate surface area is 187 Å². The van der Waals surface area contributed by atoms with Crippen molar-refractivity contribution < 1.29 is 17.9 Å². The van der Waals surface area contributed by atoms with Crippen LogP contribution in [0.25, 0.3) is 11.2 Å². The van der Waals surface area contributed by atoms with Crippen LogP contribution in [0.5, 0.6) is 0 Å². The molecule has 174 valence electrons. The second-order valence-electron chi connectivity index (χ2n) is 9.23. The molecule has 0 radical (unpaired) electrons. The van der Waals surface area contributed by atoms with Gasteiger partial charge in [-0.3, -0.25) is 0 Å². The smallest absolute Gasteiger partial charge is 0.379 e. The quantitative estimate of drug-likeness (QED) is 0.590. The number of halogens is 3. The molecule has 3 saturated heterocycles. The van der Waals surface area contributed by atoms with Crippen molar-refractivity contribution in [2.75, 3.05) is 49.2 Å². The molecule has 9 nitrogen and oxygen atoms in total. The molecule has 0 unspecified atom stereocenters. The number of hydrogen-bond donors (Lipinski definition) is 0. The van der Waals surface area contributed by atoms with Crippen LogP contribution in [-0.4, -0.2) is 69.1 Å². The van der Waals surface area contributed by atoms with Crippen LogP contribution in [-0.2, 0) is 10.9 Å². The highest BCUT2D eigenvalue weighted by Crippen LogP contribution is 2.43. The van der Waals surface area contributed by atoms with Crippen LogP contribution in [0.1, 0.15) is 30.4 Å². The van der Waals surface area contributed by atoms with Gasteiger partial charge in [0.25, 0.3) is 0 Å². The zero-order chi connectivity index (χ0) is 22.8. The molecule has 3 aromatic heterocycles. The fourth-order valence-electron chi connectivity index (χ4n) is 5.12. The Hall–Kier alpha value is -3.02. The van der Waals surface area contributed by atoms with E-state index < -0.39 is 11.9 Å². The number of nitrogens with zero attached hydrogens (tertiary/aromatic N) is 8. The van der Waals surface area contributed by atoms with Crippen molar-refractivity contribution in [2.45, 2.75) is 32.0 Å². The number of hydrogen-bond acceptors (Lipinski definition) is 8. The highest BCUT2D eigenvalue weighted by atomic mass is 19.4. The standard InChI is InChI=1S/C21H23F3N8O/c1-13-27-16(21(22,23)24)6-17(28-13)31-11-20(12-31)3-4-30(10-20)18-8-25-15-7-26-32(19(15)29-18)14-2-5-33-9-14/h6-8,14H,2-5,9-12H2,1H3/t14-/m0/s1. The summed E-state index contributed by atoms with van der Waals surface area (Å²) in [5, 5.41) is 4.47. The van der Waals surface area contributed by atoms with Crippen LogP contribution >= 0.6 is 0 Å². The maximum Gasteiger partial charge on any atom is 0.433 e. The van der Waals surface area contributed by atoms with Gasteiger partial charge in [0.1, 0.15) is 28.7 Å². The van der Waals surface area contributed by atoms with Crippen molar-refractivity contribution in [1.29, 1.82) is 0 Å². The van der Waals surface area contributed by atoms with E-state index in [0.29, 0.717) is 25.5 Å². The van der Waals surface area contributed by atoms with Crippen molar-refractivity contribution in [3.8, 4) is 0 Å². The molecule has 1 atom stereocenters. The third kappa shape index (κ3) is 3.56. The van der Waals surface area contributed by atoms with Gasteiger partial charge in [0.05, 0.1) is 25.0 Å². The predicted octanol–water partition coefficient (Wildman–Crippen LogP) is 2.62. The van der Waals surface area contributed by atoms with E-state index in [1.165, 1.54) is 6.92 Å². The van der Waals surface area contributed by atoms with Gasteiger partial charge in [-0.2, -0.15) is 18.3 Å². The van der Waals surface area contributed by atoms with Crippen molar-refractivity contribution in [3.63, 3.8) is 0 Å². The normalized spacial score (nSPS) is 22.5. The van der Waals surface area contributed by atoms with Crippen LogP contribution in [0.3, 0.4) is 0 Å². The molecule has 3 fully saturated rings. The minimum atomic E-state index is -4.48. The van der Waals surface area contributed by atoms with Gasteiger partial charge in [-0.1, -0.05) is 0 Å². The Morgan fingerprint density at radius 2 is 1.88 bits per heavy atom. The molecule has 1 spiro atoms. The maximum atomic E-state index is 13.1. The summed E-state index contributed by atoms with van der Waals surface area (Å²) in [4.78, 5) is 21.3. The molecular formula is C21H23F3N8O. The minimum Gasteiger partial charge on any atom is -0.379 e. The van der Waals surface area contributed by atoms with E-state index in [1.54, 1.807) is 12.4 Å². The van der Waals surface area contributed by atoms with Gasteiger partial charge in [0.2, 0.25) is 0 Å². The molecule has 0 N–H and O–H groups in total. The van der Waals surface area contributed by atoms with Crippen LogP contribution in [0.15, 0.2) is 18.5 Å². The lowest BCUT2D eigenvalue weighted by Gasteiger charge is -2.48. The number of aryl methyl sites for hydroxylation is 1. The van der Waals surface area contributed by atoms with Gasteiger partial charge in [0, 0.05) is 44.3 Å². The van der Waals surface area contributed by atoms with E-state index in [2.05, 4.69) is 25.0 Å². The summed E-state index contributed by atoms with van der Waals surface area (Å²) in [6.45, 7) is 5.76. The zero-order valence-electron chi connectivity index (χ0n) is 18.1. The second-order valence-corrected chi connectivity index (χ2v) is 9.23. The molecule has 0 aliphatic carbocycles. The number of anilines is 2. The molecule has 0 aromatic carbocycles. The van der Waals surface area contributed by atoms with E-state index in [1.807, 2.05) is 9.58 Å². The lowest BCUT2D eigenvalue weighted by Crippen LogP contribution is -2.58. The molecular weight excluding hydrogens is 437 g/mol. The lowest BCUT2D eigenvalue weighted by atomic mass is 9.79. The van der Waals surface area contributed by atoms with Crippen molar-refractivity contribution in [2.24, 2.45) is 5.41 Å². The number of aromatic nitrogens is 6. The minimum absolute atomic E-state index is 0.00737.